The summed E-state index contributed by atoms with van der Waals surface area (Å²) < 4.78 is 0. The summed E-state index contributed by atoms with van der Waals surface area (Å²) in [6.45, 7) is 13.9. The Morgan fingerprint density at radius 2 is 1.65 bits per heavy atom. The fraction of sp³-hybridized carbons (Fsp3) is 0.273. The number of aryl methyl sites for hydroxylation is 3. The van der Waals surface area contributed by atoms with Gasteiger partial charge in [-0.1, -0.05) is 54.1 Å². The molecule has 0 aromatic heterocycles. The standard InChI is InChI=1S/C22H25N/c1-14(2)21-19-12-16(4)11-17(5)20(19)13-23(6)22(21)18-9-7-15(3)8-10-18/h7-12H,1,13H2,2-6H3. The van der Waals surface area contributed by atoms with E-state index in [4.69, 9.17) is 0 Å². The van der Waals surface area contributed by atoms with Crippen molar-refractivity contribution in [2.24, 2.45) is 0 Å². The summed E-state index contributed by atoms with van der Waals surface area (Å²) in [5, 5.41) is 0. The van der Waals surface area contributed by atoms with Crippen LogP contribution in [0.15, 0.2) is 48.6 Å². The highest BCUT2D eigenvalue weighted by molar-refractivity contribution is 5.99. The molecule has 2 aromatic rings. The van der Waals surface area contributed by atoms with E-state index in [1.54, 1.807) is 0 Å². The first-order valence-electron chi connectivity index (χ1n) is 8.17. The Bertz CT molecular complexity index is 807. The number of nitrogens with zero attached hydrogens (tertiary/aromatic N) is 1. The molecule has 2 aromatic carbocycles. The van der Waals surface area contributed by atoms with Gasteiger partial charge in [-0.05, 0) is 55.5 Å². The largest absolute Gasteiger partial charge is 0.369 e. The molecule has 0 bridgehead atoms. The monoisotopic (exact) mass is 303 g/mol. The summed E-state index contributed by atoms with van der Waals surface area (Å²) in [5.41, 5.74) is 11.7. The van der Waals surface area contributed by atoms with Crippen LogP contribution in [0.1, 0.15) is 40.3 Å². The Balaban J connectivity index is 2.32. The normalized spacial score (nSPS) is 14.0. The molecule has 118 valence electrons. The molecule has 0 atom stereocenters. The van der Waals surface area contributed by atoms with E-state index in [2.05, 4.69) is 82.6 Å². The van der Waals surface area contributed by atoms with Gasteiger partial charge in [-0.15, -0.1) is 0 Å². The molecule has 0 radical (unpaired) electrons. The van der Waals surface area contributed by atoms with Gasteiger partial charge in [0.05, 0.1) is 5.70 Å². The Labute approximate surface area is 140 Å². The van der Waals surface area contributed by atoms with Crippen LogP contribution in [0, 0.1) is 20.8 Å². The molecule has 1 aliphatic heterocycles. The van der Waals surface area contributed by atoms with Crippen molar-refractivity contribution in [2.75, 3.05) is 7.05 Å². The molecule has 1 nitrogen and oxygen atoms in total. The van der Waals surface area contributed by atoms with Gasteiger partial charge in [-0.3, -0.25) is 0 Å². The van der Waals surface area contributed by atoms with Gasteiger partial charge in [-0.25, -0.2) is 0 Å². The van der Waals surface area contributed by atoms with E-state index in [1.165, 1.54) is 44.7 Å². The molecule has 0 N–H and O–H groups in total. The SMILES string of the molecule is C=C(C)C1=C(c2ccc(C)cc2)N(C)Cc2c(C)cc(C)cc21. The number of hydrogen-bond acceptors (Lipinski definition) is 1. The lowest BCUT2D eigenvalue weighted by Gasteiger charge is -2.34. The van der Waals surface area contributed by atoms with Gasteiger partial charge in [0, 0.05) is 19.2 Å². The maximum atomic E-state index is 4.28. The van der Waals surface area contributed by atoms with Crippen LogP contribution < -0.4 is 0 Å². The summed E-state index contributed by atoms with van der Waals surface area (Å²) >= 11 is 0. The number of rotatable bonds is 2. The summed E-state index contributed by atoms with van der Waals surface area (Å²) in [6, 6.07) is 13.4. The van der Waals surface area contributed by atoms with Crippen LogP contribution >= 0.6 is 0 Å². The topological polar surface area (TPSA) is 3.24 Å². The van der Waals surface area contributed by atoms with E-state index < -0.39 is 0 Å². The smallest absolute Gasteiger partial charge is 0.0522 e. The van der Waals surface area contributed by atoms with Crippen molar-refractivity contribution in [3.8, 4) is 0 Å². The molecule has 0 amide bonds. The number of fused-ring (bicyclic) bond motifs is 1. The predicted molar refractivity (Wildman–Crippen MR) is 100 cm³/mol. The van der Waals surface area contributed by atoms with Crippen LogP contribution in [0.3, 0.4) is 0 Å². The Morgan fingerprint density at radius 1 is 1.00 bits per heavy atom. The van der Waals surface area contributed by atoms with Gasteiger partial charge in [-0.2, -0.15) is 0 Å². The average Bonchev–Trinajstić information content (AvgIpc) is 2.48. The third-order valence-electron chi connectivity index (χ3n) is 4.65. The Hall–Kier alpha value is -2.28. The second kappa shape index (κ2) is 5.73. The third-order valence-corrected chi connectivity index (χ3v) is 4.65. The second-order valence-corrected chi connectivity index (χ2v) is 6.83. The molecule has 0 fully saturated rings. The fourth-order valence-electron chi connectivity index (χ4n) is 3.57. The maximum absolute atomic E-state index is 4.28. The number of benzene rings is 2. The lowest BCUT2D eigenvalue weighted by atomic mass is 9.84. The summed E-state index contributed by atoms with van der Waals surface area (Å²) in [7, 11) is 2.18. The third kappa shape index (κ3) is 2.72. The zero-order chi connectivity index (χ0) is 16.7. The van der Waals surface area contributed by atoms with Crippen molar-refractivity contribution >= 4 is 11.3 Å². The van der Waals surface area contributed by atoms with E-state index in [-0.39, 0.29) is 0 Å². The van der Waals surface area contributed by atoms with Crippen LogP contribution in [-0.4, -0.2) is 11.9 Å². The van der Waals surface area contributed by atoms with Gasteiger partial charge in [0.1, 0.15) is 0 Å². The molecule has 1 aliphatic rings. The van der Waals surface area contributed by atoms with Gasteiger partial charge in [0.25, 0.3) is 0 Å². The predicted octanol–water partition coefficient (Wildman–Crippen LogP) is 5.50. The zero-order valence-corrected chi connectivity index (χ0v) is 14.8. The first-order chi connectivity index (χ1) is 10.9. The maximum Gasteiger partial charge on any atom is 0.0522 e. The van der Waals surface area contributed by atoms with Crippen molar-refractivity contribution in [2.45, 2.75) is 34.2 Å². The molecule has 1 heteroatoms. The summed E-state index contributed by atoms with van der Waals surface area (Å²) in [4.78, 5) is 2.36. The highest BCUT2D eigenvalue weighted by Crippen LogP contribution is 2.41. The molecule has 0 aliphatic carbocycles. The van der Waals surface area contributed by atoms with Gasteiger partial charge in [0.2, 0.25) is 0 Å². The summed E-state index contributed by atoms with van der Waals surface area (Å²) in [5.74, 6) is 0. The highest BCUT2D eigenvalue weighted by atomic mass is 15.1. The van der Waals surface area contributed by atoms with E-state index >= 15 is 0 Å². The van der Waals surface area contributed by atoms with Crippen molar-refractivity contribution in [1.82, 2.24) is 4.90 Å². The lowest BCUT2D eigenvalue weighted by Crippen LogP contribution is -2.24. The molecule has 3 rings (SSSR count). The minimum Gasteiger partial charge on any atom is -0.369 e. The van der Waals surface area contributed by atoms with Crippen LogP contribution in [0.4, 0.5) is 0 Å². The van der Waals surface area contributed by atoms with E-state index in [0.717, 1.165) is 12.1 Å². The molecular formula is C22H25N. The molecule has 0 unspecified atom stereocenters. The minimum atomic E-state index is 0.946. The highest BCUT2D eigenvalue weighted by Gasteiger charge is 2.25. The van der Waals surface area contributed by atoms with Crippen molar-refractivity contribution in [1.29, 1.82) is 0 Å². The molecule has 0 saturated heterocycles. The number of hydrogen-bond donors (Lipinski definition) is 0. The van der Waals surface area contributed by atoms with Crippen molar-refractivity contribution in [3.63, 3.8) is 0 Å². The fourth-order valence-corrected chi connectivity index (χ4v) is 3.57. The first kappa shape index (κ1) is 15.6. The van der Waals surface area contributed by atoms with E-state index in [1.807, 2.05) is 0 Å². The zero-order valence-electron chi connectivity index (χ0n) is 14.8. The van der Waals surface area contributed by atoms with Crippen molar-refractivity contribution < 1.29 is 0 Å². The van der Waals surface area contributed by atoms with Gasteiger partial charge >= 0.3 is 0 Å². The number of allylic oxidation sites excluding steroid dienone is 2. The average molecular weight is 303 g/mol. The van der Waals surface area contributed by atoms with Crippen LogP contribution in [0.5, 0.6) is 0 Å². The van der Waals surface area contributed by atoms with Crippen LogP contribution in [0.2, 0.25) is 0 Å². The van der Waals surface area contributed by atoms with Crippen molar-refractivity contribution in [3.05, 3.63) is 81.9 Å². The first-order valence-corrected chi connectivity index (χ1v) is 8.17. The quantitative estimate of drug-likeness (QED) is 0.708. The van der Waals surface area contributed by atoms with Gasteiger partial charge in [0.15, 0.2) is 0 Å². The minimum absolute atomic E-state index is 0.946. The molecule has 0 spiro atoms. The second-order valence-electron chi connectivity index (χ2n) is 6.83. The molecule has 1 heterocycles. The van der Waals surface area contributed by atoms with Crippen LogP contribution in [-0.2, 0) is 6.54 Å². The van der Waals surface area contributed by atoms with Gasteiger partial charge < -0.3 is 4.90 Å². The lowest BCUT2D eigenvalue weighted by molar-refractivity contribution is 0.468. The van der Waals surface area contributed by atoms with Crippen LogP contribution in [0.25, 0.3) is 11.3 Å². The van der Waals surface area contributed by atoms with E-state index in [0.29, 0.717) is 0 Å². The molecule has 0 saturated carbocycles. The summed E-state index contributed by atoms with van der Waals surface area (Å²) in [6.07, 6.45) is 0. The Morgan fingerprint density at radius 3 is 2.26 bits per heavy atom. The Kier molecular flexibility index (Phi) is 3.89. The molecular weight excluding hydrogens is 278 g/mol. The van der Waals surface area contributed by atoms with E-state index in [9.17, 15) is 0 Å². The molecule has 23 heavy (non-hydrogen) atoms.